The summed E-state index contributed by atoms with van der Waals surface area (Å²) in [6.45, 7) is 4.69. The lowest BCUT2D eigenvalue weighted by atomic mass is 9.97. The van der Waals surface area contributed by atoms with E-state index < -0.39 is 0 Å². The molecule has 1 aliphatic rings. The van der Waals surface area contributed by atoms with Crippen LogP contribution in [0.1, 0.15) is 26.7 Å². The van der Waals surface area contributed by atoms with E-state index in [1.54, 1.807) is 0 Å². The molecule has 2 aromatic rings. The van der Waals surface area contributed by atoms with Crippen LogP contribution >= 0.6 is 11.6 Å². The summed E-state index contributed by atoms with van der Waals surface area (Å²) < 4.78 is 0. The Kier molecular flexibility index (Phi) is 3.36. The molecule has 100 valence electrons. The van der Waals surface area contributed by atoms with Crippen molar-refractivity contribution in [3.05, 3.63) is 35.5 Å². The average molecular weight is 275 g/mol. The van der Waals surface area contributed by atoms with Crippen molar-refractivity contribution in [1.82, 2.24) is 4.98 Å². The first-order valence-electron chi connectivity index (χ1n) is 6.96. The molecular weight excluding hydrogens is 256 g/mol. The zero-order valence-electron chi connectivity index (χ0n) is 11.4. The summed E-state index contributed by atoms with van der Waals surface area (Å²) >= 11 is 6.02. The predicted octanol–water partition coefficient (Wildman–Crippen LogP) is 4.73. The molecule has 3 rings (SSSR count). The molecule has 1 N–H and O–H groups in total. The van der Waals surface area contributed by atoms with Crippen molar-refractivity contribution in [2.24, 2.45) is 11.8 Å². The van der Waals surface area contributed by atoms with E-state index in [0.29, 0.717) is 6.04 Å². The highest BCUT2D eigenvalue weighted by atomic mass is 35.5. The largest absolute Gasteiger partial charge is 0.381 e. The average Bonchev–Trinajstić information content (AvgIpc) is 2.71. The molecule has 0 saturated heterocycles. The normalized spacial score (nSPS) is 26.8. The molecule has 1 fully saturated rings. The van der Waals surface area contributed by atoms with Crippen LogP contribution in [0, 0.1) is 11.8 Å². The van der Waals surface area contributed by atoms with E-state index in [4.69, 9.17) is 11.6 Å². The number of nitrogens with zero attached hydrogens (tertiary/aromatic N) is 1. The second kappa shape index (κ2) is 5.01. The number of pyridine rings is 1. The highest BCUT2D eigenvalue weighted by Crippen LogP contribution is 2.34. The fourth-order valence-corrected chi connectivity index (χ4v) is 3.18. The van der Waals surface area contributed by atoms with Crippen molar-refractivity contribution < 1.29 is 0 Å². The number of hydrogen-bond acceptors (Lipinski definition) is 2. The topological polar surface area (TPSA) is 24.9 Å². The SMILES string of the molecule is CC1CCC(Nc2ccnc3cc(Cl)ccc23)C1C. The van der Waals surface area contributed by atoms with Gasteiger partial charge in [-0.2, -0.15) is 0 Å². The molecule has 1 heterocycles. The fourth-order valence-electron chi connectivity index (χ4n) is 3.02. The highest BCUT2D eigenvalue weighted by molar-refractivity contribution is 6.31. The summed E-state index contributed by atoms with van der Waals surface area (Å²) in [6.07, 6.45) is 4.41. The lowest BCUT2D eigenvalue weighted by Gasteiger charge is -2.21. The van der Waals surface area contributed by atoms with Gasteiger partial charge in [-0.3, -0.25) is 4.98 Å². The second-order valence-corrected chi connectivity index (χ2v) is 6.12. The summed E-state index contributed by atoms with van der Waals surface area (Å²) in [5.41, 5.74) is 2.13. The zero-order chi connectivity index (χ0) is 13.4. The monoisotopic (exact) mass is 274 g/mol. The van der Waals surface area contributed by atoms with E-state index in [0.717, 1.165) is 27.8 Å². The van der Waals surface area contributed by atoms with Crippen LogP contribution in [0.4, 0.5) is 5.69 Å². The van der Waals surface area contributed by atoms with Gasteiger partial charge in [0.25, 0.3) is 0 Å². The Morgan fingerprint density at radius 1 is 1.21 bits per heavy atom. The first-order chi connectivity index (χ1) is 9.15. The quantitative estimate of drug-likeness (QED) is 0.856. The number of hydrogen-bond donors (Lipinski definition) is 1. The minimum Gasteiger partial charge on any atom is -0.381 e. The van der Waals surface area contributed by atoms with Crippen LogP contribution in [-0.2, 0) is 0 Å². The van der Waals surface area contributed by atoms with E-state index in [9.17, 15) is 0 Å². The van der Waals surface area contributed by atoms with Gasteiger partial charge in [-0.1, -0.05) is 25.4 Å². The van der Waals surface area contributed by atoms with Gasteiger partial charge in [0.05, 0.1) is 5.52 Å². The Bertz CT molecular complexity index is 596. The van der Waals surface area contributed by atoms with Crippen LogP contribution in [0.15, 0.2) is 30.5 Å². The molecule has 0 radical (unpaired) electrons. The van der Waals surface area contributed by atoms with Gasteiger partial charge < -0.3 is 5.32 Å². The summed E-state index contributed by atoms with van der Waals surface area (Å²) in [5.74, 6) is 1.52. The van der Waals surface area contributed by atoms with Crippen molar-refractivity contribution in [2.45, 2.75) is 32.7 Å². The third-order valence-corrected chi connectivity index (χ3v) is 4.75. The summed E-state index contributed by atoms with van der Waals surface area (Å²) in [4.78, 5) is 4.39. The van der Waals surface area contributed by atoms with Crippen molar-refractivity contribution in [3.8, 4) is 0 Å². The van der Waals surface area contributed by atoms with Gasteiger partial charge in [-0.15, -0.1) is 0 Å². The number of rotatable bonds is 2. The second-order valence-electron chi connectivity index (χ2n) is 5.68. The molecular formula is C16H19ClN2. The van der Waals surface area contributed by atoms with Crippen LogP contribution < -0.4 is 5.32 Å². The minimum atomic E-state index is 0.566. The number of anilines is 1. The Morgan fingerprint density at radius 2 is 2.05 bits per heavy atom. The molecule has 0 spiro atoms. The number of aromatic nitrogens is 1. The van der Waals surface area contributed by atoms with Crippen LogP contribution in [0.25, 0.3) is 10.9 Å². The number of benzene rings is 1. The van der Waals surface area contributed by atoms with Gasteiger partial charge in [0.1, 0.15) is 0 Å². The third kappa shape index (κ3) is 2.42. The van der Waals surface area contributed by atoms with E-state index >= 15 is 0 Å². The van der Waals surface area contributed by atoms with Crippen molar-refractivity contribution in [2.75, 3.05) is 5.32 Å². The van der Waals surface area contributed by atoms with Crippen LogP contribution in [0.5, 0.6) is 0 Å². The number of halogens is 1. The van der Waals surface area contributed by atoms with Crippen LogP contribution in [0.3, 0.4) is 0 Å². The molecule has 0 bridgehead atoms. The summed E-state index contributed by atoms with van der Waals surface area (Å²) in [7, 11) is 0. The van der Waals surface area contributed by atoms with Gasteiger partial charge in [0.15, 0.2) is 0 Å². The molecule has 1 aromatic heterocycles. The first kappa shape index (κ1) is 12.7. The lowest BCUT2D eigenvalue weighted by molar-refractivity contribution is 0.435. The molecule has 3 atom stereocenters. The summed E-state index contributed by atoms with van der Waals surface area (Å²) in [6, 6.07) is 8.53. The Labute approximate surface area is 119 Å². The van der Waals surface area contributed by atoms with Gasteiger partial charge in [0, 0.05) is 28.3 Å². The van der Waals surface area contributed by atoms with Crippen LogP contribution in [0.2, 0.25) is 5.02 Å². The highest BCUT2D eigenvalue weighted by Gasteiger charge is 2.29. The minimum absolute atomic E-state index is 0.566. The maximum atomic E-state index is 6.02. The maximum absolute atomic E-state index is 6.02. The van der Waals surface area contributed by atoms with Crippen LogP contribution in [-0.4, -0.2) is 11.0 Å². The summed E-state index contributed by atoms with van der Waals surface area (Å²) in [5, 5.41) is 5.59. The van der Waals surface area contributed by atoms with Gasteiger partial charge >= 0.3 is 0 Å². The molecule has 1 aromatic carbocycles. The van der Waals surface area contributed by atoms with E-state index in [2.05, 4.69) is 36.3 Å². The predicted molar refractivity (Wildman–Crippen MR) is 81.7 cm³/mol. The lowest BCUT2D eigenvalue weighted by Crippen LogP contribution is -2.24. The van der Waals surface area contributed by atoms with E-state index in [-0.39, 0.29) is 0 Å². The molecule has 1 aliphatic carbocycles. The van der Waals surface area contributed by atoms with E-state index in [1.807, 2.05) is 18.3 Å². The standard InChI is InChI=1S/C16H19ClN2/c1-10-3-6-14(11(10)2)19-15-7-8-18-16-9-12(17)4-5-13(15)16/h4-5,7-11,14H,3,6H2,1-2H3,(H,18,19). The molecule has 3 unspecified atom stereocenters. The van der Waals surface area contributed by atoms with Crippen molar-refractivity contribution >= 4 is 28.2 Å². The third-order valence-electron chi connectivity index (χ3n) is 4.51. The van der Waals surface area contributed by atoms with Gasteiger partial charge in [-0.25, -0.2) is 0 Å². The number of nitrogens with one attached hydrogen (secondary N) is 1. The molecule has 1 saturated carbocycles. The van der Waals surface area contributed by atoms with Gasteiger partial charge in [-0.05, 0) is 48.9 Å². The van der Waals surface area contributed by atoms with Crippen molar-refractivity contribution in [1.29, 1.82) is 0 Å². The molecule has 3 heteroatoms. The zero-order valence-corrected chi connectivity index (χ0v) is 12.1. The molecule has 0 aliphatic heterocycles. The Balaban J connectivity index is 1.93. The molecule has 19 heavy (non-hydrogen) atoms. The molecule has 0 amide bonds. The number of fused-ring (bicyclic) bond motifs is 1. The maximum Gasteiger partial charge on any atom is 0.0737 e. The van der Waals surface area contributed by atoms with Gasteiger partial charge in [0.2, 0.25) is 0 Å². The van der Waals surface area contributed by atoms with E-state index in [1.165, 1.54) is 18.5 Å². The smallest absolute Gasteiger partial charge is 0.0737 e. The first-order valence-corrected chi connectivity index (χ1v) is 7.34. The fraction of sp³-hybridized carbons (Fsp3) is 0.438. The van der Waals surface area contributed by atoms with Crippen molar-refractivity contribution in [3.63, 3.8) is 0 Å². The Hall–Kier alpha value is -1.28. The molecule has 2 nitrogen and oxygen atoms in total. The Morgan fingerprint density at radius 3 is 2.79 bits per heavy atom.